The average Bonchev–Trinajstić information content (AvgIpc) is 3.24. The first kappa shape index (κ1) is 21.6. The van der Waals surface area contributed by atoms with Gasteiger partial charge in [0.15, 0.2) is 0 Å². The monoisotopic (exact) mass is 394 g/mol. The average molecular weight is 395 g/mol. The Labute approximate surface area is 175 Å². The summed E-state index contributed by atoms with van der Waals surface area (Å²) < 4.78 is 11.5. The molecule has 0 aliphatic heterocycles. The molecule has 0 N–H and O–H groups in total. The molecule has 3 heteroatoms. The van der Waals surface area contributed by atoms with E-state index < -0.39 is 0 Å². The quantitative estimate of drug-likeness (QED) is 0.339. The van der Waals surface area contributed by atoms with Crippen molar-refractivity contribution >= 4 is 5.97 Å². The first-order valence-corrected chi connectivity index (χ1v) is 11.2. The van der Waals surface area contributed by atoms with Crippen LogP contribution in [-0.2, 0) is 27.1 Å². The molecule has 1 saturated carbocycles. The highest BCUT2D eigenvalue weighted by Crippen LogP contribution is 2.29. The smallest absolute Gasteiger partial charge is 0.309 e. The fraction of sp³-hybridized carbons (Fsp3) is 0.500. The van der Waals surface area contributed by atoms with E-state index >= 15 is 0 Å². The van der Waals surface area contributed by atoms with Crippen LogP contribution in [0.4, 0.5) is 0 Å². The predicted octanol–water partition coefficient (Wildman–Crippen LogP) is 5.76. The van der Waals surface area contributed by atoms with Crippen molar-refractivity contribution in [2.75, 3.05) is 13.2 Å². The molecule has 1 fully saturated rings. The second-order valence-corrected chi connectivity index (χ2v) is 8.06. The molecule has 2 atom stereocenters. The highest BCUT2D eigenvalue weighted by Gasteiger charge is 2.31. The van der Waals surface area contributed by atoms with Gasteiger partial charge in [0, 0.05) is 6.61 Å². The van der Waals surface area contributed by atoms with Crippen molar-refractivity contribution < 1.29 is 14.3 Å². The molecule has 0 spiro atoms. The molecule has 0 unspecified atom stereocenters. The lowest BCUT2D eigenvalue weighted by atomic mass is 10.1. The highest BCUT2D eigenvalue weighted by molar-refractivity contribution is 5.72. The summed E-state index contributed by atoms with van der Waals surface area (Å²) in [5.41, 5.74) is 2.73. The number of hydrogen-bond acceptors (Lipinski definition) is 3. The third-order valence-corrected chi connectivity index (χ3v) is 5.72. The maximum Gasteiger partial charge on any atom is 0.309 e. The summed E-state index contributed by atoms with van der Waals surface area (Å²) in [6.07, 6.45) is 9.27. The maximum absolute atomic E-state index is 12.3. The van der Waals surface area contributed by atoms with E-state index in [-0.39, 0.29) is 18.0 Å². The lowest BCUT2D eigenvalue weighted by Crippen LogP contribution is -2.18. The lowest BCUT2D eigenvalue weighted by molar-refractivity contribution is -0.148. The third-order valence-electron chi connectivity index (χ3n) is 5.72. The molecule has 2 aromatic rings. The van der Waals surface area contributed by atoms with E-state index in [2.05, 4.69) is 54.6 Å². The van der Waals surface area contributed by atoms with Crippen LogP contribution in [0.1, 0.15) is 56.1 Å². The molecular formula is C26H34O3. The van der Waals surface area contributed by atoms with E-state index in [1.54, 1.807) is 0 Å². The minimum Gasteiger partial charge on any atom is -0.465 e. The molecule has 0 aromatic heterocycles. The summed E-state index contributed by atoms with van der Waals surface area (Å²) in [5.74, 6) is -0.00155. The van der Waals surface area contributed by atoms with Crippen LogP contribution in [0.25, 0.3) is 0 Å². The van der Waals surface area contributed by atoms with Crippen molar-refractivity contribution in [3.63, 3.8) is 0 Å². The third kappa shape index (κ3) is 8.02. The molecule has 1 aliphatic rings. The summed E-state index contributed by atoms with van der Waals surface area (Å²) in [7, 11) is 0. The van der Waals surface area contributed by atoms with Crippen molar-refractivity contribution in [1.29, 1.82) is 0 Å². The number of rotatable bonds is 12. The van der Waals surface area contributed by atoms with Gasteiger partial charge in [-0.2, -0.15) is 0 Å². The second kappa shape index (κ2) is 12.4. The van der Waals surface area contributed by atoms with Gasteiger partial charge in [-0.3, -0.25) is 4.79 Å². The van der Waals surface area contributed by atoms with Crippen LogP contribution in [0.2, 0.25) is 0 Å². The van der Waals surface area contributed by atoms with Crippen molar-refractivity contribution in [3.05, 3.63) is 71.8 Å². The number of esters is 1. The van der Waals surface area contributed by atoms with Gasteiger partial charge < -0.3 is 9.47 Å². The van der Waals surface area contributed by atoms with Gasteiger partial charge in [-0.05, 0) is 68.9 Å². The van der Waals surface area contributed by atoms with Crippen LogP contribution in [-0.4, -0.2) is 25.3 Å². The fourth-order valence-corrected chi connectivity index (χ4v) is 4.00. The van der Waals surface area contributed by atoms with E-state index in [1.807, 2.05) is 6.07 Å². The fourth-order valence-electron chi connectivity index (χ4n) is 4.00. The van der Waals surface area contributed by atoms with E-state index in [0.29, 0.717) is 6.61 Å². The van der Waals surface area contributed by atoms with E-state index in [4.69, 9.17) is 9.47 Å². The van der Waals surface area contributed by atoms with Gasteiger partial charge in [0.05, 0.1) is 18.6 Å². The lowest BCUT2D eigenvalue weighted by Gasteiger charge is -2.13. The second-order valence-electron chi connectivity index (χ2n) is 8.06. The Morgan fingerprint density at radius 2 is 1.34 bits per heavy atom. The molecule has 1 aliphatic carbocycles. The number of carbonyl (C=O) groups excluding carboxylic acids is 1. The zero-order valence-corrected chi connectivity index (χ0v) is 17.4. The van der Waals surface area contributed by atoms with Crippen LogP contribution < -0.4 is 0 Å². The van der Waals surface area contributed by atoms with Crippen molar-refractivity contribution in [2.45, 2.75) is 63.9 Å². The maximum atomic E-state index is 12.3. The van der Waals surface area contributed by atoms with Gasteiger partial charge >= 0.3 is 5.97 Å². The van der Waals surface area contributed by atoms with Gasteiger partial charge in [0.25, 0.3) is 0 Å². The molecule has 29 heavy (non-hydrogen) atoms. The Kier molecular flexibility index (Phi) is 9.25. The number of hydrogen-bond donors (Lipinski definition) is 0. The Morgan fingerprint density at radius 3 is 1.97 bits per heavy atom. The van der Waals surface area contributed by atoms with Crippen LogP contribution in [0.5, 0.6) is 0 Å². The van der Waals surface area contributed by atoms with Gasteiger partial charge in [-0.1, -0.05) is 60.7 Å². The number of carbonyl (C=O) groups is 1. The first-order chi connectivity index (χ1) is 14.3. The van der Waals surface area contributed by atoms with Crippen LogP contribution in [0.3, 0.4) is 0 Å². The number of benzene rings is 2. The van der Waals surface area contributed by atoms with Crippen LogP contribution in [0, 0.1) is 5.92 Å². The van der Waals surface area contributed by atoms with E-state index in [9.17, 15) is 4.79 Å². The predicted molar refractivity (Wildman–Crippen MR) is 117 cm³/mol. The van der Waals surface area contributed by atoms with Gasteiger partial charge in [0.2, 0.25) is 0 Å². The number of ether oxygens (including phenoxy) is 2. The zero-order valence-electron chi connectivity index (χ0n) is 17.4. The summed E-state index contributed by atoms with van der Waals surface area (Å²) in [4.78, 5) is 12.3. The molecular weight excluding hydrogens is 360 g/mol. The summed E-state index contributed by atoms with van der Waals surface area (Å²) in [6.45, 7) is 1.33. The molecule has 2 aromatic carbocycles. The minimum atomic E-state index is -0.0279. The molecule has 0 radical (unpaired) electrons. The molecule has 0 heterocycles. The first-order valence-electron chi connectivity index (χ1n) is 11.2. The standard InChI is InChI=1S/C26H34O3/c27-26(29-20-10-8-16-23-13-5-2-6-14-23)24-17-18-25(21-24)28-19-9-7-15-22-11-3-1-4-12-22/h1-6,11-14,24-25H,7-10,15-21H2/t24-,25+/m0/s1. The zero-order chi connectivity index (χ0) is 20.2. The van der Waals surface area contributed by atoms with Crippen LogP contribution in [0.15, 0.2) is 60.7 Å². The van der Waals surface area contributed by atoms with E-state index in [0.717, 1.165) is 64.4 Å². The summed E-state index contributed by atoms with van der Waals surface area (Å²) in [5, 5.41) is 0. The van der Waals surface area contributed by atoms with Gasteiger partial charge in [-0.25, -0.2) is 0 Å². The SMILES string of the molecule is O=C(OCCCCc1ccccc1)[C@H]1CC[C@@H](OCCCCc2ccccc2)C1. The van der Waals surface area contributed by atoms with E-state index in [1.165, 1.54) is 11.1 Å². The molecule has 156 valence electrons. The summed E-state index contributed by atoms with van der Waals surface area (Å²) >= 11 is 0. The van der Waals surface area contributed by atoms with Crippen molar-refractivity contribution in [3.8, 4) is 0 Å². The minimum absolute atomic E-state index is 0.0263. The molecule has 0 saturated heterocycles. The Bertz CT molecular complexity index is 698. The summed E-state index contributed by atoms with van der Waals surface area (Å²) in [6, 6.07) is 21.0. The number of unbranched alkanes of at least 4 members (excludes halogenated alkanes) is 2. The Hall–Kier alpha value is -2.13. The molecule has 3 rings (SSSR count). The molecule has 0 bridgehead atoms. The Balaban J connectivity index is 1.20. The van der Waals surface area contributed by atoms with Crippen molar-refractivity contribution in [2.24, 2.45) is 5.92 Å². The largest absolute Gasteiger partial charge is 0.465 e. The van der Waals surface area contributed by atoms with Crippen molar-refractivity contribution in [1.82, 2.24) is 0 Å². The van der Waals surface area contributed by atoms with Crippen LogP contribution >= 0.6 is 0 Å². The molecule has 3 nitrogen and oxygen atoms in total. The normalized spacial score (nSPS) is 18.6. The number of aryl methyl sites for hydroxylation is 2. The molecule has 0 amide bonds. The van der Waals surface area contributed by atoms with Gasteiger partial charge in [0.1, 0.15) is 0 Å². The topological polar surface area (TPSA) is 35.5 Å². The Morgan fingerprint density at radius 1 is 0.759 bits per heavy atom. The highest BCUT2D eigenvalue weighted by atomic mass is 16.5. The van der Waals surface area contributed by atoms with Gasteiger partial charge in [-0.15, -0.1) is 0 Å².